The lowest BCUT2D eigenvalue weighted by molar-refractivity contribution is 0.764. The highest BCUT2D eigenvalue weighted by Crippen LogP contribution is 2.14. The Morgan fingerprint density at radius 1 is 1.22 bits per heavy atom. The Morgan fingerprint density at radius 2 is 1.67 bits per heavy atom. The van der Waals surface area contributed by atoms with Gasteiger partial charge in [-0.05, 0) is 31.3 Å². The van der Waals surface area contributed by atoms with Crippen LogP contribution in [0.25, 0.3) is 0 Å². The minimum atomic E-state index is 1.42. The lowest BCUT2D eigenvalue weighted by Gasteiger charge is -2.05. The first-order valence-corrected chi connectivity index (χ1v) is 4.72. The van der Waals surface area contributed by atoms with E-state index < -0.39 is 0 Å². The van der Waals surface area contributed by atoms with Gasteiger partial charge in [0.25, 0.3) is 0 Å². The molecule has 1 heteroatoms. The van der Waals surface area contributed by atoms with Gasteiger partial charge in [-0.15, -0.1) is 6.58 Å². The van der Waals surface area contributed by atoms with Gasteiger partial charge < -0.3 is 0 Å². The predicted octanol–water partition coefficient (Wildman–Crippen LogP) is 3.10. The highest BCUT2D eigenvalue weighted by molar-refractivity contribution is 7.99. The highest BCUT2D eigenvalue weighted by atomic mass is 32.2. The van der Waals surface area contributed by atoms with E-state index in [4.69, 9.17) is 0 Å². The van der Waals surface area contributed by atoms with Crippen molar-refractivity contribution in [1.29, 1.82) is 0 Å². The van der Waals surface area contributed by atoms with Crippen molar-refractivity contribution in [1.82, 2.24) is 0 Å². The molecule has 1 rings (SSSR count). The molecular weight excluding hydrogens is 128 g/mol. The summed E-state index contributed by atoms with van der Waals surface area (Å²) in [5.41, 5.74) is 0. The lowest BCUT2D eigenvalue weighted by Crippen LogP contribution is -1.91. The zero-order valence-corrected chi connectivity index (χ0v) is 7.04. The molecule has 0 N–H and O–H groups in total. The van der Waals surface area contributed by atoms with Crippen molar-refractivity contribution in [3.8, 4) is 0 Å². The fourth-order valence-corrected chi connectivity index (χ4v) is 1.71. The van der Waals surface area contributed by atoms with Crippen molar-refractivity contribution >= 4 is 11.8 Å². The summed E-state index contributed by atoms with van der Waals surface area (Å²) in [6.07, 6.45) is 6.16. The van der Waals surface area contributed by atoms with Gasteiger partial charge in [0.2, 0.25) is 0 Å². The van der Waals surface area contributed by atoms with Crippen molar-refractivity contribution < 1.29 is 0 Å². The molecule has 0 saturated carbocycles. The molecule has 0 aliphatic carbocycles. The van der Waals surface area contributed by atoms with E-state index in [-0.39, 0.29) is 0 Å². The van der Waals surface area contributed by atoms with E-state index >= 15 is 0 Å². The first-order valence-electron chi connectivity index (χ1n) is 3.56. The smallest absolute Gasteiger partial charge is 0.00675 e. The Morgan fingerprint density at radius 3 is 1.78 bits per heavy atom. The van der Waals surface area contributed by atoms with E-state index in [1.54, 1.807) is 6.08 Å². The summed E-state index contributed by atoms with van der Waals surface area (Å²) < 4.78 is 0. The van der Waals surface area contributed by atoms with E-state index in [2.05, 4.69) is 18.3 Å². The van der Waals surface area contributed by atoms with Gasteiger partial charge in [0.05, 0.1) is 0 Å². The van der Waals surface area contributed by atoms with Crippen molar-refractivity contribution in [3.05, 3.63) is 12.7 Å². The van der Waals surface area contributed by atoms with Gasteiger partial charge in [-0.1, -0.05) is 12.5 Å². The molecular formula is C8H16S. The summed E-state index contributed by atoms with van der Waals surface area (Å²) in [5, 5.41) is 0. The van der Waals surface area contributed by atoms with Gasteiger partial charge in [0, 0.05) is 0 Å². The van der Waals surface area contributed by atoms with Crippen LogP contribution < -0.4 is 0 Å². The van der Waals surface area contributed by atoms with Crippen molar-refractivity contribution in [2.24, 2.45) is 0 Å². The van der Waals surface area contributed by atoms with Gasteiger partial charge in [0.15, 0.2) is 0 Å². The molecule has 0 aromatic rings. The maximum atomic E-state index is 3.36. The highest BCUT2D eigenvalue weighted by Gasteiger charge is 1.95. The predicted molar refractivity (Wildman–Crippen MR) is 47.0 cm³/mol. The van der Waals surface area contributed by atoms with Crippen LogP contribution in [0.1, 0.15) is 26.2 Å². The van der Waals surface area contributed by atoms with Gasteiger partial charge in [-0.2, -0.15) is 11.8 Å². The Labute approximate surface area is 62.7 Å². The molecule has 0 bridgehead atoms. The van der Waals surface area contributed by atoms with Gasteiger partial charge in [-0.3, -0.25) is 0 Å². The summed E-state index contributed by atoms with van der Waals surface area (Å²) in [4.78, 5) is 0. The third-order valence-corrected chi connectivity index (χ3v) is 2.23. The molecule has 1 aliphatic rings. The first kappa shape index (κ1) is 9.09. The fraction of sp³-hybridized carbons (Fsp3) is 0.750. The van der Waals surface area contributed by atoms with Crippen LogP contribution in [0.2, 0.25) is 0 Å². The summed E-state index contributed by atoms with van der Waals surface area (Å²) in [7, 11) is 0. The van der Waals surface area contributed by atoms with Crippen LogP contribution in [0.4, 0.5) is 0 Å². The Hall–Kier alpha value is 0.0900. The molecule has 1 aliphatic heterocycles. The molecule has 1 heterocycles. The summed E-state index contributed by atoms with van der Waals surface area (Å²) in [5.74, 6) is 2.83. The number of hydrogen-bond acceptors (Lipinski definition) is 1. The maximum Gasteiger partial charge on any atom is -0.00675 e. The average molecular weight is 144 g/mol. The molecule has 1 fully saturated rings. The Kier molecular flexibility index (Phi) is 8.17. The van der Waals surface area contributed by atoms with Crippen LogP contribution in [-0.4, -0.2) is 11.5 Å². The normalized spacial score (nSPS) is 17.4. The van der Waals surface area contributed by atoms with Crippen LogP contribution in [0, 0.1) is 0 Å². The van der Waals surface area contributed by atoms with Crippen LogP contribution >= 0.6 is 11.8 Å². The minimum absolute atomic E-state index is 1.42. The van der Waals surface area contributed by atoms with Crippen LogP contribution in [-0.2, 0) is 0 Å². The van der Waals surface area contributed by atoms with E-state index in [0.29, 0.717) is 0 Å². The number of hydrogen-bond donors (Lipinski definition) is 0. The fourth-order valence-electron chi connectivity index (χ4n) is 0.687. The first-order chi connectivity index (χ1) is 4.41. The van der Waals surface area contributed by atoms with Gasteiger partial charge >= 0.3 is 0 Å². The van der Waals surface area contributed by atoms with Crippen LogP contribution in [0.15, 0.2) is 12.7 Å². The quantitative estimate of drug-likeness (QED) is 0.471. The van der Waals surface area contributed by atoms with Crippen molar-refractivity contribution in [2.45, 2.75) is 26.2 Å². The largest absolute Gasteiger partial charge is 0.162 e. The maximum absolute atomic E-state index is 3.36. The topological polar surface area (TPSA) is 0 Å². The number of thioether (sulfide) groups is 1. The lowest BCUT2D eigenvalue weighted by atomic mass is 10.3. The summed E-state index contributed by atoms with van der Waals surface area (Å²) in [6.45, 7) is 5.25. The molecule has 0 nitrogen and oxygen atoms in total. The molecule has 0 atom stereocenters. The molecule has 9 heavy (non-hydrogen) atoms. The standard InChI is InChI=1S/C5H10S.C3H6/c1-2-4-6-5-3-1;1-3-2/h1-5H2;3H,1H2,2H3. The van der Waals surface area contributed by atoms with E-state index in [1.165, 1.54) is 30.8 Å². The molecule has 0 aromatic carbocycles. The second kappa shape index (κ2) is 8.09. The molecule has 0 radical (unpaired) electrons. The summed E-state index contributed by atoms with van der Waals surface area (Å²) in [6, 6.07) is 0. The third kappa shape index (κ3) is 8.09. The van der Waals surface area contributed by atoms with Gasteiger partial charge in [0.1, 0.15) is 0 Å². The third-order valence-electron chi connectivity index (χ3n) is 1.08. The van der Waals surface area contributed by atoms with Crippen molar-refractivity contribution in [3.63, 3.8) is 0 Å². The molecule has 0 amide bonds. The second-order valence-corrected chi connectivity index (χ2v) is 3.31. The monoisotopic (exact) mass is 144 g/mol. The minimum Gasteiger partial charge on any atom is -0.162 e. The molecule has 1 saturated heterocycles. The molecule has 54 valence electrons. The van der Waals surface area contributed by atoms with Crippen LogP contribution in [0.5, 0.6) is 0 Å². The van der Waals surface area contributed by atoms with Gasteiger partial charge in [-0.25, -0.2) is 0 Å². The molecule has 0 spiro atoms. The number of rotatable bonds is 0. The Bertz CT molecular complexity index is 44.1. The summed E-state index contributed by atoms with van der Waals surface area (Å²) >= 11 is 2.09. The van der Waals surface area contributed by atoms with E-state index in [9.17, 15) is 0 Å². The zero-order chi connectivity index (χ0) is 6.95. The van der Waals surface area contributed by atoms with Crippen molar-refractivity contribution in [2.75, 3.05) is 11.5 Å². The molecule has 0 unspecified atom stereocenters. The average Bonchev–Trinajstić information content (AvgIpc) is 1.93. The second-order valence-electron chi connectivity index (χ2n) is 2.08. The number of allylic oxidation sites excluding steroid dienone is 1. The van der Waals surface area contributed by atoms with Crippen LogP contribution in [0.3, 0.4) is 0 Å². The van der Waals surface area contributed by atoms with E-state index in [1.807, 2.05) is 6.92 Å². The zero-order valence-electron chi connectivity index (χ0n) is 6.23. The Balaban J connectivity index is 0.000000187. The van der Waals surface area contributed by atoms with E-state index in [0.717, 1.165) is 0 Å². The SMILES string of the molecule is C1CCSCC1.C=CC. The molecule has 0 aromatic heterocycles.